The van der Waals surface area contributed by atoms with Gasteiger partial charge in [-0.1, -0.05) is 26.8 Å². The average molecular weight is 288 g/mol. The van der Waals surface area contributed by atoms with Crippen LogP contribution in [0.1, 0.15) is 38.3 Å². The van der Waals surface area contributed by atoms with Gasteiger partial charge < -0.3 is 10.2 Å². The summed E-state index contributed by atoms with van der Waals surface area (Å²) in [5, 5.41) is 3.09. The molecular formula is C18H28N2O. The largest absolute Gasteiger partial charge is 0.371 e. The van der Waals surface area contributed by atoms with Gasteiger partial charge in [0, 0.05) is 30.7 Å². The molecule has 3 nitrogen and oxygen atoms in total. The molecule has 1 fully saturated rings. The van der Waals surface area contributed by atoms with Crippen LogP contribution in [-0.4, -0.2) is 25.5 Å². The van der Waals surface area contributed by atoms with Gasteiger partial charge in [-0.3, -0.25) is 4.79 Å². The van der Waals surface area contributed by atoms with E-state index in [1.807, 2.05) is 20.8 Å². The second-order valence-corrected chi connectivity index (χ2v) is 7.33. The highest BCUT2D eigenvalue weighted by atomic mass is 16.2. The molecule has 1 saturated heterocycles. The zero-order valence-corrected chi connectivity index (χ0v) is 14.0. The first-order valence-corrected chi connectivity index (χ1v) is 7.88. The van der Waals surface area contributed by atoms with Gasteiger partial charge in [0.25, 0.3) is 0 Å². The Bertz CT molecular complexity index is 516. The third kappa shape index (κ3) is 3.99. The fourth-order valence-electron chi connectivity index (χ4n) is 2.66. The van der Waals surface area contributed by atoms with Crippen LogP contribution in [0.5, 0.6) is 0 Å². The highest BCUT2D eigenvalue weighted by molar-refractivity contribution is 5.81. The minimum Gasteiger partial charge on any atom is -0.371 e. The first kappa shape index (κ1) is 15.9. The molecule has 1 unspecified atom stereocenters. The topological polar surface area (TPSA) is 32.3 Å². The number of nitrogens with zero attached hydrogens (tertiary/aromatic N) is 1. The van der Waals surface area contributed by atoms with Crippen molar-refractivity contribution in [2.24, 2.45) is 11.3 Å². The number of rotatable bonds is 3. The Morgan fingerprint density at radius 3 is 2.62 bits per heavy atom. The van der Waals surface area contributed by atoms with Crippen LogP contribution in [0.3, 0.4) is 0 Å². The lowest BCUT2D eigenvalue weighted by Crippen LogP contribution is -2.38. The Morgan fingerprint density at radius 1 is 1.29 bits per heavy atom. The van der Waals surface area contributed by atoms with Crippen molar-refractivity contribution in [2.45, 2.75) is 41.0 Å². The van der Waals surface area contributed by atoms with Crippen LogP contribution in [0.25, 0.3) is 0 Å². The van der Waals surface area contributed by atoms with E-state index in [9.17, 15) is 4.79 Å². The Balaban J connectivity index is 1.89. The lowest BCUT2D eigenvalue weighted by atomic mass is 9.95. The summed E-state index contributed by atoms with van der Waals surface area (Å²) in [6, 6.07) is 6.67. The quantitative estimate of drug-likeness (QED) is 0.925. The average Bonchev–Trinajstić information content (AvgIpc) is 2.87. The molecule has 0 saturated carbocycles. The predicted molar refractivity (Wildman–Crippen MR) is 88.7 cm³/mol. The van der Waals surface area contributed by atoms with Crippen molar-refractivity contribution in [3.05, 3.63) is 29.3 Å². The van der Waals surface area contributed by atoms with Crippen LogP contribution in [0.15, 0.2) is 18.2 Å². The number of carbonyl (C=O) groups excluding carboxylic acids is 1. The van der Waals surface area contributed by atoms with Gasteiger partial charge in [-0.2, -0.15) is 0 Å². The van der Waals surface area contributed by atoms with Crippen LogP contribution < -0.4 is 10.2 Å². The maximum absolute atomic E-state index is 11.9. The van der Waals surface area contributed by atoms with Gasteiger partial charge in [0.05, 0.1) is 0 Å². The van der Waals surface area contributed by atoms with Gasteiger partial charge >= 0.3 is 0 Å². The van der Waals surface area contributed by atoms with Crippen molar-refractivity contribution < 1.29 is 4.79 Å². The summed E-state index contributed by atoms with van der Waals surface area (Å²) in [6.07, 6.45) is 1.15. The van der Waals surface area contributed by atoms with Gasteiger partial charge in [-0.05, 0) is 49.4 Å². The summed E-state index contributed by atoms with van der Waals surface area (Å²) in [7, 11) is 0. The first-order chi connectivity index (χ1) is 9.77. The van der Waals surface area contributed by atoms with Crippen molar-refractivity contribution >= 4 is 11.6 Å². The third-order valence-electron chi connectivity index (χ3n) is 4.37. The van der Waals surface area contributed by atoms with E-state index in [0.717, 1.165) is 26.1 Å². The first-order valence-electron chi connectivity index (χ1n) is 7.88. The van der Waals surface area contributed by atoms with E-state index in [0.29, 0.717) is 5.92 Å². The molecule has 0 aromatic heterocycles. The number of carbonyl (C=O) groups is 1. The van der Waals surface area contributed by atoms with E-state index >= 15 is 0 Å². The SMILES string of the molecule is Cc1ccc(N2CCC(CNC(=O)C(C)(C)C)C2)cc1C. The van der Waals surface area contributed by atoms with E-state index in [1.54, 1.807) is 0 Å². The van der Waals surface area contributed by atoms with E-state index in [2.05, 4.69) is 42.3 Å². The molecule has 21 heavy (non-hydrogen) atoms. The molecule has 1 atom stereocenters. The number of aryl methyl sites for hydroxylation is 2. The fourth-order valence-corrected chi connectivity index (χ4v) is 2.66. The molecule has 0 aliphatic carbocycles. The van der Waals surface area contributed by atoms with Crippen LogP contribution in [0.2, 0.25) is 0 Å². The molecule has 1 N–H and O–H groups in total. The standard InChI is InChI=1S/C18H28N2O/c1-13-6-7-16(10-14(13)2)20-9-8-15(12-20)11-19-17(21)18(3,4)5/h6-7,10,15H,8-9,11-12H2,1-5H3,(H,19,21). The van der Waals surface area contributed by atoms with Crippen LogP contribution in [0.4, 0.5) is 5.69 Å². The van der Waals surface area contributed by atoms with Gasteiger partial charge in [0.15, 0.2) is 0 Å². The predicted octanol–water partition coefficient (Wildman–Crippen LogP) is 3.29. The summed E-state index contributed by atoms with van der Waals surface area (Å²) < 4.78 is 0. The maximum atomic E-state index is 11.9. The highest BCUT2D eigenvalue weighted by Crippen LogP contribution is 2.25. The van der Waals surface area contributed by atoms with Crippen molar-refractivity contribution in [1.82, 2.24) is 5.32 Å². The van der Waals surface area contributed by atoms with Gasteiger partial charge in [0.2, 0.25) is 5.91 Å². The minimum atomic E-state index is -0.299. The molecule has 0 spiro atoms. The zero-order valence-electron chi connectivity index (χ0n) is 14.0. The molecular weight excluding hydrogens is 260 g/mol. The summed E-state index contributed by atoms with van der Waals surface area (Å²) in [4.78, 5) is 14.4. The molecule has 2 rings (SSSR count). The zero-order chi connectivity index (χ0) is 15.6. The lowest BCUT2D eigenvalue weighted by Gasteiger charge is -2.21. The molecule has 1 heterocycles. The Labute approximate surface area is 128 Å². The van der Waals surface area contributed by atoms with E-state index in [-0.39, 0.29) is 11.3 Å². The smallest absolute Gasteiger partial charge is 0.225 e. The maximum Gasteiger partial charge on any atom is 0.225 e. The summed E-state index contributed by atoms with van der Waals surface area (Å²) >= 11 is 0. The highest BCUT2D eigenvalue weighted by Gasteiger charge is 2.26. The molecule has 0 bridgehead atoms. The van der Waals surface area contributed by atoms with E-state index in [1.165, 1.54) is 16.8 Å². The Morgan fingerprint density at radius 2 is 2.00 bits per heavy atom. The Hall–Kier alpha value is -1.51. The molecule has 0 radical (unpaired) electrons. The summed E-state index contributed by atoms with van der Waals surface area (Å²) in [5.74, 6) is 0.699. The van der Waals surface area contributed by atoms with Crippen LogP contribution >= 0.6 is 0 Å². The van der Waals surface area contributed by atoms with Gasteiger partial charge in [-0.25, -0.2) is 0 Å². The van der Waals surface area contributed by atoms with Crippen LogP contribution in [-0.2, 0) is 4.79 Å². The second-order valence-electron chi connectivity index (χ2n) is 7.33. The fraction of sp³-hybridized carbons (Fsp3) is 0.611. The van der Waals surface area contributed by atoms with Crippen LogP contribution in [0, 0.1) is 25.2 Å². The molecule has 1 aliphatic rings. The lowest BCUT2D eigenvalue weighted by molar-refractivity contribution is -0.128. The number of nitrogens with one attached hydrogen (secondary N) is 1. The number of anilines is 1. The van der Waals surface area contributed by atoms with Crippen molar-refractivity contribution in [3.8, 4) is 0 Å². The molecule has 1 amide bonds. The van der Waals surface area contributed by atoms with Gasteiger partial charge in [-0.15, -0.1) is 0 Å². The summed E-state index contributed by atoms with van der Waals surface area (Å²) in [6.45, 7) is 13.1. The molecule has 116 valence electrons. The van der Waals surface area contributed by atoms with E-state index < -0.39 is 0 Å². The second kappa shape index (κ2) is 6.08. The molecule has 1 aromatic rings. The minimum absolute atomic E-state index is 0.145. The van der Waals surface area contributed by atoms with Crippen molar-refractivity contribution in [1.29, 1.82) is 0 Å². The van der Waals surface area contributed by atoms with Crippen molar-refractivity contribution in [3.63, 3.8) is 0 Å². The molecule has 3 heteroatoms. The summed E-state index contributed by atoms with van der Waals surface area (Å²) in [5.41, 5.74) is 3.69. The van der Waals surface area contributed by atoms with Gasteiger partial charge in [0.1, 0.15) is 0 Å². The van der Waals surface area contributed by atoms with Crippen molar-refractivity contribution in [2.75, 3.05) is 24.5 Å². The number of benzene rings is 1. The van der Waals surface area contributed by atoms with E-state index in [4.69, 9.17) is 0 Å². The number of hydrogen-bond donors (Lipinski definition) is 1. The monoisotopic (exact) mass is 288 g/mol. The third-order valence-corrected chi connectivity index (χ3v) is 4.37. The normalized spacial score (nSPS) is 18.9. The number of hydrogen-bond acceptors (Lipinski definition) is 2. The molecule has 1 aliphatic heterocycles. The molecule has 1 aromatic carbocycles. The Kier molecular flexibility index (Phi) is 4.60. The number of amides is 1.